The molecule has 0 aliphatic carbocycles. The molecule has 0 aliphatic heterocycles. The number of hydrogen-bond donors (Lipinski definition) is 0. The van der Waals surface area contributed by atoms with Crippen LogP contribution in [0.5, 0.6) is 0 Å². The van der Waals surface area contributed by atoms with Gasteiger partial charge in [0.15, 0.2) is 17.5 Å². The molecular formula is C51H29N3OS. The molecule has 3 aromatic heterocycles. The molecule has 0 fully saturated rings. The minimum Gasteiger partial charge on any atom is -0.456 e. The van der Waals surface area contributed by atoms with Gasteiger partial charge in [-0.1, -0.05) is 140 Å². The van der Waals surface area contributed by atoms with Crippen LogP contribution in [0.2, 0.25) is 0 Å². The fourth-order valence-electron chi connectivity index (χ4n) is 8.45. The second-order valence-corrected chi connectivity index (χ2v) is 15.4. The van der Waals surface area contributed by atoms with Gasteiger partial charge in [0.05, 0.1) is 0 Å². The zero-order valence-electron chi connectivity index (χ0n) is 29.9. The second-order valence-electron chi connectivity index (χ2n) is 14.3. The molecule has 0 bridgehead atoms. The highest BCUT2D eigenvalue weighted by molar-refractivity contribution is 7.26. The van der Waals surface area contributed by atoms with E-state index >= 15 is 0 Å². The predicted octanol–water partition coefficient (Wildman–Crippen LogP) is 14.3. The average molecular weight is 732 g/mol. The molecule has 3 heterocycles. The first-order valence-corrected chi connectivity index (χ1v) is 19.6. The van der Waals surface area contributed by atoms with Gasteiger partial charge in [-0.05, 0) is 74.3 Å². The normalized spacial score (nSPS) is 11.9. The molecule has 4 nitrogen and oxygen atoms in total. The number of aromatic nitrogens is 3. The summed E-state index contributed by atoms with van der Waals surface area (Å²) in [7, 11) is 0. The van der Waals surface area contributed by atoms with Crippen molar-refractivity contribution in [1.82, 2.24) is 15.0 Å². The van der Waals surface area contributed by atoms with Gasteiger partial charge in [-0.15, -0.1) is 11.3 Å². The largest absolute Gasteiger partial charge is 0.456 e. The number of nitrogens with zero attached hydrogens (tertiary/aromatic N) is 3. The van der Waals surface area contributed by atoms with Crippen molar-refractivity contribution in [2.24, 2.45) is 0 Å². The van der Waals surface area contributed by atoms with Crippen molar-refractivity contribution in [3.63, 3.8) is 0 Å². The number of hydrogen-bond acceptors (Lipinski definition) is 5. The molecule has 0 saturated heterocycles. The third-order valence-corrected chi connectivity index (χ3v) is 12.3. The molecule has 5 heteroatoms. The maximum atomic E-state index is 6.69. The minimum atomic E-state index is 0.603. The maximum Gasteiger partial charge on any atom is 0.164 e. The lowest BCUT2D eigenvalue weighted by Crippen LogP contribution is -2.00. The zero-order chi connectivity index (χ0) is 36.7. The molecule has 0 aliphatic rings. The summed E-state index contributed by atoms with van der Waals surface area (Å²) in [5, 5.41) is 11.9. The van der Waals surface area contributed by atoms with Crippen LogP contribution in [-0.4, -0.2) is 15.0 Å². The summed E-state index contributed by atoms with van der Waals surface area (Å²) in [6.45, 7) is 0. The van der Waals surface area contributed by atoms with Gasteiger partial charge >= 0.3 is 0 Å². The number of furan rings is 1. The van der Waals surface area contributed by atoms with Crippen molar-refractivity contribution >= 4 is 85.8 Å². The topological polar surface area (TPSA) is 51.8 Å². The standard InChI is InChI=1S/C51H29N3OS/c1-2-12-32(13-3-1)49-52-50(35-24-23-31-22-21-30-11-4-6-15-36(30)41(31)28-35)54-51(53-49)40-18-10-19-43-46(40)38-26-25-34(29-44(38)55-43)42-27-33-14-5-7-16-37(33)47-39-17-8-9-20-45(39)56-48(42)47/h1-29H. The monoisotopic (exact) mass is 731 g/mol. The van der Waals surface area contributed by atoms with E-state index in [2.05, 4.69) is 133 Å². The molecule has 9 aromatic carbocycles. The van der Waals surface area contributed by atoms with E-state index in [9.17, 15) is 0 Å². The second kappa shape index (κ2) is 12.2. The number of thiophene rings is 1. The molecule has 56 heavy (non-hydrogen) atoms. The fraction of sp³-hybridized carbons (Fsp3) is 0. The third kappa shape index (κ3) is 4.81. The van der Waals surface area contributed by atoms with E-state index in [1.54, 1.807) is 0 Å². The Hall–Kier alpha value is -7.21. The SMILES string of the molecule is c1ccc(-c2nc(-c3ccc4ccc5ccccc5c4c3)nc(-c3cccc4oc5cc(-c6cc7ccccc7c7c6sc6ccccc67)ccc5c34)n2)cc1. The van der Waals surface area contributed by atoms with Crippen LogP contribution < -0.4 is 0 Å². The molecule has 12 aromatic rings. The average Bonchev–Trinajstić information content (AvgIpc) is 3.85. The highest BCUT2D eigenvalue weighted by Crippen LogP contribution is 2.45. The predicted molar refractivity (Wildman–Crippen MR) is 234 cm³/mol. The molecule has 260 valence electrons. The van der Waals surface area contributed by atoms with Crippen LogP contribution in [0, 0.1) is 0 Å². The summed E-state index contributed by atoms with van der Waals surface area (Å²) in [5.41, 5.74) is 6.72. The van der Waals surface area contributed by atoms with E-state index in [-0.39, 0.29) is 0 Å². The van der Waals surface area contributed by atoms with E-state index in [1.807, 2.05) is 53.8 Å². The summed E-state index contributed by atoms with van der Waals surface area (Å²) in [6.07, 6.45) is 0. The highest BCUT2D eigenvalue weighted by atomic mass is 32.1. The van der Waals surface area contributed by atoms with Gasteiger partial charge in [-0.2, -0.15) is 0 Å². The van der Waals surface area contributed by atoms with Crippen LogP contribution in [0.25, 0.3) is 120 Å². The molecular weight excluding hydrogens is 703 g/mol. The molecule has 12 rings (SSSR count). The lowest BCUT2D eigenvalue weighted by Gasteiger charge is -2.11. The Morgan fingerprint density at radius 1 is 0.357 bits per heavy atom. The number of rotatable bonds is 4. The van der Waals surface area contributed by atoms with Crippen LogP contribution in [0.4, 0.5) is 0 Å². The Morgan fingerprint density at radius 3 is 1.91 bits per heavy atom. The van der Waals surface area contributed by atoms with E-state index in [0.717, 1.165) is 44.2 Å². The lowest BCUT2D eigenvalue weighted by molar-refractivity contribution is 0.669. The van der Waals surface area contributed by atoms with Crippen molar-refractivity contribution in [2.45, 2.75) is 0 Å². The van der Waals surface area contributed by atoms with Crippen LogP contribution >= 0.6 is 11.3 Å². The fourth-order valence-corrected chi connectivity index (χ4v) is 9.71. The van der Waals surface area contributed by atoms with E-state index in [4.69, 9.17) is 19.4 Å². The quantitative estimate of drug-likeness (QED) is 0.169. The molecule has 0 radical (unpaired) electrons. The van der Waals surface area contributed by atoms with Gasteiger partial charge in [0.2, 0.25) is 0 Å². The first kappa shape index (κ1) is 31.2. The van der Waals surface area contributed by atoms with Crippen LogP contribution in [0.1, 0.15) is 0 Å². The summed E-state index contributed by atoms with van der Waals surface area (Å²) in [6, 6.07) is 62.0. The Morgan fingerprint density at radius 2 is 1.04 bits per heavy atom. The third-order valence-electron chi connectivity index (χ3n) is 11.1. The minimum absolute atomic E-state index is 0.603. The highest BCUT2D eigenvalue weighted by Gasteiger charge is 2.20. The van der Waals surface area contributed by atoms with Crippen molar-refractivity contribution in [2.75, 3.05) is 0 Å². The van der Waals surface area contributed by atoms with Crippen molar-refractivity contribution < 1.29 is 4.42 Å². The van der Waals surface area contributed by atoms with Crippen molar-refractivity contribution in [3.05, 3.63) is 176 Å². The van der Waals surface area contributed by atoms with Gasteiger partial charge in [0.1, 0.15) is 11.2 Å². The first-order valence-electron chi connectivity index (χ1n) is 18.8. The molecule has 0 unspecified atom stereocenters. The van der Waals surface area contributed by atoms with Gasteiger partial charge in [0, 0.05) is 53.2 Å². The van der Waals surface area contributed by atoms with E-state index in [0.29, 0.717) is 17.5 Å². The number of benzene rings is 9. The van der Waals surface area contributed by atoms with Gasteiger partial charge in [0.25, 0.3) is 0 Å². The number of fused-ring (bicyclic) bond motifs is 11. The van der Waals surface area contributed by atoms with E-state index in [1.165, 1.54) is 58.1 Å². The van der Waals surface area contributed by atoms with Crippen LogP contribution in [0.3, 0.4) is 0 Å². The van der Waals surface area contributed by atoms with Gasteiger partial charge in [-0.3, -0.25) is 0 Å². The summed E-state index contributed by atoms with van der Waals surface area (Å²) < 4.78 is 9.26. The molecule has 0 spiro atoms. The maximum absolute atomic E-state index is 6.69. The molecule has 0 N–H and O–H groups in total. The Bertz CT molecular complexity index is 3550. The van der Waals surface area contributed by atoms with Gasteiger partial charge in [-0.25, -0.2) is 15.0 Å². The van der Waals surface area contributed by atoms with Crippen LogP contribution in [0.15, 0.2) is 180 Å². The Balaban J connectivity index is 1.06. The molecule has 0 amide bonds. The summed E-state index contributed by atoms with van der Waals surface area (Å²) in [5.74, 6) is 1.85. The van der Waals surface area contributed by atoms with Crippen molar-refractivity contribution in [1.29, 1.82) is 0 Å². The molecule has 0 atom stereocenters. The lowest BCUT2D eigenvalue weighted by atomic mass is 9.96. The zero-order valence-corrected chi connectivity index (χ0v) is 30.7. The summed E-state index contributed by atoms with van der Waals surface area (Å²) in [4.78, 5) is 15.4. The van der Waals surface area contributed by atoms with E-state index < -0.39 is 0 Å². The Labute approximate surface area is 325 Å². The Kier molecular flexibility index (Phi) is 6.76. The van der Waals surface area contributed by atoms with Crippen LogP contribution in [-0.2, 0) is 0 Å². The van der Waals surface area contributed by atoms with Crippen molar-refractivity contribution in [3.8, 4) is 45.3 Å². The summed E-state index contributed by atoms with van der Waals surface area (Å²) >= 11 is 1.85. The molecule has 0 saturated carbocycles. The van der Waals surface area contributed by atoms with Gasteiger partial charge < -0.3 is 4.42 Å². The smallest absolute Gasteiger partial charge is 0.164 e. The first-order chi connectivity index (χ1) is 27.7.